The van der Waals surface area contributed by atoms with Gasteiger partial charge in [-0.2, -0.15) is 11.8 Å². The van der Waals surface area contributed by atoms with Gasteiger partial charge in [0.1, 0.15) is 0 Å². The molecule has 1 saturated heterocycles. The molecule has 0 aliphatic carbocycles. The third kappa shape index (κ3) is 5.55. The van der Waals surface area contributed by atoms with Crippen LogP contribution in [0.3, 0.4) is 0 Å². The van der Waals surface area contributed by atoms with Gasteiger partial charge in [-0.1, -0.05) is 20.3 Å². The van der Waals surface area contributed by atoms with E-state index in [1.165, 1.54) is 51.2 Å². The molecule has 0 saturated carbocycles. The molecule has 1 aliphatic heterocycles. The van der Waals surface area contributed by atoms with Gasteiger partial charge in [0.25, 0.3) is 0 Å². The molecule has 1 rings (SSSR count). The van der Waals surface area contributed by atoms with Crippen LogP contribution in [-0.4, -0.2) is 48.1 Å². The van der Waals surface area contributed by atoms with Crippen LogP contribution in [0.4, 0.5) is 0 Å². The predicted octanol–water partition coefficient (Wildman–Crippen LogP) is 2.59. The van der Waals surface area contributed by atoms with Crippen LogP contribution in [0.25, 0.3) is 0 Å². The molecule has 3 heteroatoms. The topological polar surface area (TPSA) is 15.3 Å². The fraction of sp³-hybridized carbons (Fsp3) is 1.00. The van der Waals surface area contributed by atoms with Crippen LogP contribution in [0.5, 0.6) is 0 Å². The summed E-state index contributed by atoms with van der Waals surface area (Å²) in [6.07, 6.45) is 4.27. The van der Waals surface area contributed by atoms with Gasteiger partial charge in [0.2, 0.25) is 0 Å². The molecule has 1 fully saturated rings. The Morgan fingerprint density at radius 3 is 2.62 bits per heavy atom. The Morgan fingerprint density at radius 2 is 2.06 bits per heavy atom. The summed E-state index contributed by atoms with van der Waals surface area (Å²) in [5, 5.41) is 4.56. The molecule has 2 atom stereocenters. The molecule has 16 heavy (non-hydrogen) atoms. The average molecular weight is 244 g/mol. The summed E-state index contributed by atoms with van der Waals surface area (Å²) in [6, 6.07) is 0.627. The van der Waals surface area contributed by atoms with Gasteiger partial charge in [-0.3, -0.25) is 0 Å². The normalized spacial score (nSPS) is 23.6. The van der Waals surface area contributed by atoms with Gasteiger partial charge >= 0.3 is 0 Å². The van der Waals surface area contributed by atoms with E-state index in [9.17, 15) is 0 Å². The largest absolute Gasteiger partial charge is 0.312 e. The zero-order chi connectivity index (χ0) is 11.8. The fourth-order valence-corrected chi connectivity index (χ4v) is 3.49. The molecule has 0 spiro atoms. The van der Waals surface area contributed by atoms with E-state index < -0.39 is 0 Å². The van der Waals surface area contributed by atoms with Crippen LogP contribution in [-0.2, 0) is 0 Å². The van der Waals surface area contributed by atoms with Crippen molar-refractivity contribution in [1.82, 2.24) is 10.2 Å². The lowest BCUT2D eigenvalue weighted by Gasteiger charge is -2.27. The van der Waals surface area contributed by atoms with E-state index >= 15 is 0 Å². The number of likely N-dealkylation sites (N-methyl/N-ethyl adjacent to an activating group) is 1. The van der Waals surface area contributed by atoms with Crippen LogP contribution in [0.15, 0.2) is 0 Å². The molecule has 96 valence electrons. The first kappa shape index (κ1) is 14.3. The van der Waals surface area contributed by atoms with Crippen molar-refractivity contribution in [2.75, 3.05) is 31.9 Å². The second-order valence-electron chi connectivity index (χ2n) is 4.78. The summed E-state index contributed by atoms with van der Waals surface area (Å²) in [5.74, 6) is 1.37. The Kier molecular flexibility index (Phi) is 7.50. The van der Waals surface area contributed by atoms with Crippen LogP contribution < -0.4 is 5.32 Å². The monoisotopic (exact) mass is 244 g/mol. The third-order valence-corrected chi connectivity index (χ3v) is 4.79. The molecular weight excluding hydrogens is 216 g/mol. The Morgan fingerprint density at radius 1 is 1.31 bits per heavy atom. The number of rotatable bonds is 7. The standard InChI is InChI=1S/C13H28N2S/c1-4-15(5-2)11-12(3)14-10-13-8-6-7-9-16-13/h12-14H,4-11H2,1-3H3. The highest BCUT2D eigenvalue weighted by atomic mass is 32.2. The minimum absolute atomic E-state index is 0.627. The molecule has 1 N–H and O–H groups in total. The van der Waals surface area contributed by atoms with Gasteiger partial charge in [-0.25, -0.2) is 0 Å². The molecule has 1 aliphatic rings. The van der Waals surface area contributed by atoms with Gasteiger partial charge < -0.3 is 10.2 Å². The first-order chi connectivity index (χ1) is 7.76. The van der Waals surface area contributed by atoms with Crippen molar-refractivity contribution >= 4 is 11.8 Å². The number of hydrogen-bond donors (Lipinski definition) is 1. The first-order valence-electron chi connectivity index (χ1n) is 6.83. The van der Waals surface area contributed by atoms with Gasteiger partial charge in [0.05, 0.1) is 0 Å². The van der Waals surface area contributed by atoms with Gasteiger partial charge in [0.15, 0.2) is 0 Å². The number of hydrogen-bond acceptors (Lipinski definition) is 3. The number of thioether (sulfide) groups is 1. The molecule has 0 aromatic rings. The van der Waals surface area contributed by atoms with Crippen molar-refractivity contribution in [2.24, 2.45) is 0 Å². The highest BCUT2D eigenvalue weighted by molar-refractivity contribution is 7.99. The maximum Gasteiger partial charge on any atom is 0.0172 e. The fourth-order valence-electron chi connectivity index (χ4n) is 2.23. The summed E-state index contributed by atoms with van der Waals surface area (Å²) >= 11 is 2.16. The Balaban J connectivity index is 2.10. The Hall–Kier alpha value is 0.270. The van der Waals surface area contributed by atoms with Crippen LogP contribution >= 0.6 is 11.8 Å². The van der Waals surface area contributed by atoms with Gasteiger partial charge in [0, 0.05) is 24.4 Å². The van der Waals surface area contributed by atoms with E-state index in [4.69, 9.17) is 0 Å². The zero-order valence-electron chi connectivity index (χ0n) is 11.2. The summed E-state index contributed by atoms with van der Waals surface area (Å²) < 4.78 is 0. The molecule has 2 nitrogen and oxygen atoms in total. The minimum Gasteiger partial charge on any atom is -0.312 e. The maximum absolute atomic E-state index is 3.69. The first-order valence-corrected chi connectivity index (χ1v) is 7.88. The van der Waals surface area contributed by atoms with Crippen molar-refractivity contribution in [3.8, 4) is 0 Å². The van der Waals surface area contributed by atoms with E-state index in [2.05, 4.69) is 42.7 Å². The highest BCUT2D eigenvalue weighted by Gasteiger charge is 2.15. The smallest absolute Gasteiger partial charge is 0.0172 e. The average Bonchev–Trinajstić information content (AvgIpc) is 2.34. The highest BCUT2D eigenvalue weighted by Crippen LogP contribution is 2.24. The maximum atomic E-state index is 3.69. The van der Waals surface area contributed by atoms with E-state index in [1.807, 2.05) is 0 Å². The van der Waals surface area contributed by atoms with Crippen molar-refractivity contribution in [1.29, 1.82) is 0 Å². The molecule has 0 radical (unpaired) electrons. The molecule has 0 aromatic carbocycles. The van der Waals surface area contributed by atoms with Crippen molar-refractivity contribution in [3.63, 3.8) is 0 Å². The molecule has 2 unspecified atom stereocenters. The van der Waals surface area contributed by atoms with E-state index in [0.717, 1.165) is 5.25 Å². The van der Waals surface area contributed by atoms with Gasteiger partial charge in [-0.05, 0) is 38.6 Å². The lowest BCUT2D eigenvalue weighted by Crippen LogP contribution is -2.41. The molecule has 0 aromatic heterocycles. The SMILES string of the molecule is CCN(CC)CC(C)NCC1CCCCS1. The molecular formula is C13H28N2S. The van der Waals surface area contributed by atoms with Crippen LogP contribution in [0, 0.1) is 0 Å². The Labute approximate surface area is 106 Å². The van der Waals surface area contributed by atoms with Crippen molar-refractivity contribution in [3.05, 3.63) is 0 Å². The Bertz CT molecular complexity index is 165. The quantitative estimate of drug-likeness (QED) is 0.741. The van der Waals surface area contributed by atoms with E-state index in [0.29, 0.717) is 6.04 Å². The summed E-state index contributed by atoms with van der Waals surface area (Å²) in [6.45, 7) is 11.5. The summed E-state index contributed by atoms with van der Waals surface area (Å²) in [7, 11) is 0. The number of nitrogens with zero attached hydrogens (tertiary/aromatic N) is 1. The second kappa shape index (κ2) is 8.37. The summed E-state index contributed by atoms with van der Waals surface area (Å²) in [5.41, 5.74) is 0. The molecule has 0 amide bonds. The number of nitrogens with one attached hydrogen (secondary N) is 1. The zero-order valence-corrected chi connectivity index (χ0v) is 12.0. The molecule has 0 bridgehead atoms. The second-order valence-corrected chi connectivity index (χ2v) is 6.19. The predicted molar refractivity (Wildman–Crippen MR) is 75.3 cm³/mol. The lowest BCUT2D eigenvalue weighted by atomic mass is 10.2. The van der Waals surface area contributed by atoms with Gasteiger partial charge in [-0.15, -0.1) is 0 Å². The van der Waals surface area contributed by atoms with Crippen LogP contribution in [0.1, 0.15) is 40.0 Å². The van der Waals surface area contributed by atoms with E-state index in [-0.39, 0.29) is 0 Å². The molecule has 1 heterocycles. The van der Waals surface area contributed by atoms with Crippen molar-refractivity contribution < 1.29 is 0 Å². The summed E-state index contributed by atoms with van der Waals surface area (Å²) in [4.78, 5) is 2.49. The third-order valence-electron chi connectivity index (χ3n) is 3.39. The van der Waals surface area contributed by atoms with E-state index in [1.54, 1.807) is 0 Å². The lowest BCUT2D eigenvalue weighted by molar-refractivity contribution is 0.271. The van der Waals surface area contributed by atoms with Crippen molar-refractivity contribution in [2.45, 2.75) is 51.3 Å². The van der Waals surface area contributed by atoms with Crippen LogP contribution in [0.2, 0.25) is 0 Å². The minimum atomic E-state index is 0.627.